The Labute approximate surface area is 126 Å². The lowest BCUT2D eigenvalue weighted by Crippen LogP contribution is -2.42. The lowest BCUT2D eigenvalue weighted by atomic mass is 10.1. The van der Waals surface area contributed by atoms with Crippen molar-refractivity contribution in [2.24, 2.45) is 0 Å². The van der Waals surface area contributed by atoms with Gasteiger partial charge in [-0.1, -0.05) is 0 Å². The van der Waals surface area contributed by atoms with E-state index in [0.717, 1.165) is 12.8 Å². The van der Waals surface area contributed by atoms with E-state index >= 15 is 0 Å². The van der Waals surface area contributed by atoms with Crippen molar-refractivity contribution in [3.63, 3.8) is 0 Å². The molecule has 2 heterocycles. The summed E-state index contributed by atoms with van der Waals surface area (Å²) in [6, 6.07) is 0.256. The fourth-order valence-corrected chi connectivity index (χ4v) is 2.42. The van der Waals surface area contributed by atoms with Crippen molar-refractivity contribution >= 4 is 33.7 Å². The number of nitrogens with zero attached hydrogens (tertiary/aromatic N) is 3. The van der Waals surface area contributed by atoms with Gasteiger partial charge in [-0.2, -0.15) is 0 Å². The van der Waals surface area contributed by atoms with E-state index in [-0.39, 0.29) is 12.1 Å². The average Bonchev–Trinajstić information content (AvgIpc) is 2.45. The van der Waals surface area contributed by atoms with Crippen LogP contribution in [0.5, 0.6) is 0 Å². The maximum atomic E-state index is 11.6. The number of anilines is 2. The van der Waals surface area contributed by atoms with Crippen LogP contribution in [0.1, 0.15) is 19.8 Å². The Kier molecular flexibility index (Phi) is 4.99. The molecule has 7 nitrogen and oxygen atoms in total. The minimum Gasteiger partial charge on any atom is -0.450 e. The number of rotatable bonds is 3. The van der Waals surface area contributed by atoms with Crippen molar-refractivity contribution in [3.8, 4) is 0 Å². The molecule has 8 heteroatoms. The number of amides is 1. The van der Waals surface area contributed by atoms with E-state index in [0.29, 0.717) is 35.8 Å². The van der Waals surface area contributed by atoms with Gasteiger partial charge in [-0.3, -0.25) is 0 Å². The number of likely N-dealkylation sites (tertiary alicyclic amines) is 1. The second-order valence-corrected chi connectivity index (χ2v) is 5.32. The molecule has 1 aliphatic rings. The monoisotopic (exact) mass is 343 g/mol. The SMILES string of the molecule is CCOC(=O)N1CCC(Nc2ncnc(N)c2Br)CC1. The Hall–Kier alpha value is -1.57. The molecular weight excluding hydrogens is 326 g/mol. The molecule has 2 rings (SSSR count). The fourth-order valence-electron chi connectivity index (χ4n) is 2.10. The third-order valence-electron chi connectivity index (χ3n) is 3.18. The summed E-state index contributed by atoms with van der Waals surface area (Å²) in [5, 5.41) is 3.32. The second kappa shape index (κ2) is 6.74. The molecule has 1 aliphatic heterocycles. The number of nitrogen functional groups attached to an aromatic ring is 1. The van der Waals surface area contributed by atoms with Crippen LogP contribution in [0, 0.1) is 0 Å². The number of nitrogens with two attached hydrogens (primary N) is 1. The highest BCUT2D eigenvalue weighted by Gasteiger charge is 2.24. The summed E-state index contributed by atoms with van der Waals surface area (Å²) in [6.07, 6.45) is 2.87. The quantitative estimate of drug-likeness (QED) is 0.869. The fraction of sp³-hybridized carbons (Fsp3) is 0.583. The van der Waals surface area contributed by atoms with E-state index in [9.17, 15) is 4.79 Å². The molecule has 0 radical (unpaired) electrons. The van der Waals surface area contributed by atoms with Crippen LogP contribution in [0.25, 0.3) is 0 Å². The molecule has 0 atom stereocenters. The molecular formula is C12H18BrN5O2. The Morgan fingerprint density at radius 3 is 2.90 bits per heavy atom. The molecule has 0 spiro atoms. The van der Waals surface area contributed by atoms with Crippen molar-refractivity contribution in [2.45, 2.75) is 25.8 Å². The molecule has 20 heavy (non-hydrogen) atoms. The Balaban J connectivity index is 1.88. The number of carbonyl (C=O) groups excluding carboxylic acids is 1. The van der Waals surface area contributed by atoms with Crippen LogP contribution >= 0.6 is 15.9 Å². The second-order valence-electron chi connectivity index (χ2n) is 4.53. The van der Waals surface area contributed by atoms with Gasteiger partial charge in [-0.25, -0.2) is 14.8 Å². The number of hydrogen-bond donors (Lipinski definition) is 2. The topological polar surface area (TPSA) is 93.4 Å². The largest absolute Gasteiger partial charge is 0.450 e. The van der Waals surface area contributed by atoms with Crippen molar-refractivity contribution in [1.29, 1.82) is 0 Å². The minimum atomic E-state index is -0.238. The van der Waals surface area contributed by atoms with Gasteiger partial charge in [0.05, 0.1) is 6.61 Å². The summed E-state index contributed by atoms with van der Waals surface area (Å²) < 4.78 is 5.67. The molecule has 1 fully saturated rings. The highest BCUT2D eigenvalue weighted by atomic mass is 79.9. The minimum absolute atomic E-state index is 0.238. The van der Waals surface area contributed by atoms with E-state index in [1.807, 2.05) is 6.92 Å². The normalized spacial score (nSPS) is 16.0. The predicted octanol–water partition coefficient (Wildman–Crippen LogP) is 1.85. The van der Waals surface area contributed by atoms with E-state index in [4.69, 9.17) is 10.5 Å². The first-order valence-electron chi connectivity index (χ1n) is 6.56. The lowest BCUT2D eigenvalue weighted by molar-refractivity contribution is 0.0983. The number of ether oxygens (including phenoxy) is 1. The van der Waals surface area contributed by atoms with E-state index in [1.54, 1.807) is 4.90 Å². The van der Waals surface area contributed by atoms with Crippen molar-refractivity contribution in [3.05, 3.63) is 10.8 Å². The Bertz CT molecular complexity index is 477. The van der Waals surface area contributed by atoms with Crippen LogP contribution in [0.3, 0.4) is 0 Å². The zero-order valence-corrected chi connectivity index (χ0v) is 12.9. The van der Waals surface area contributed by atoms with Gasteiger partial charge in [-0.15, -0.1) is 0 Å². The molecule has 1 aromatic rings. The summed E-state index contributed by atoms with van der Waals surface area (Å²) in [5.74, 6) is 1.10. The van der Waals surface area contributed by atoms with Crippen molar-refractivity contribution in [2.75, 3.05) is 30.7 Å². The van der Waals surface area contributed by atoms with Gasteiger partial charge in [0.25, 0.3) is 0 Å². The van der Waals surface area contributed by atoms with Crippen LogP contribution in [0.15, 0.2) is 10.8 Å². The Morgan fingerprint density at radius 1 is 1.55 bits per heavy atom. The number of hydrogen-bond acceptors (Lipinski definition) is 6. The smallest absolute Gasteiger partial charge is 0.409 e. The summed E-state index contributed by atoms with van der Waals surface area (Å²) >= 11 is 3.37. The molecule has 0 aliphatic carbocycles. The molecule has 1 amide bonds. The van der Waals surface area contributed by atoms with Gasteiger partial charge in [-0.05, 0) is 35.7 Å². The molecule has 0 bridgehead atoms. The third-order valence-corrected chi connectivity index (χ3v) is 3.96. The summed E-state index contributed by atoms with van der Waals surface area (Å²) in [4.78, 5) is 21.4. The molecule has 0 saturated carbocycles. The third kappa shape index (κ3) is 3.50. The van der Waals surface area contributed by atoms with Crippen LogP contribution in [-0.2, 0) is 4.74 Å². The number of halogens is 1. The average molecular weight is 344 g/mol. The van der Waals surface area contributed by atoms with Crippen LogP contribution in [0.2, 0.25) is 0 Å². The van der Waals surface area contributed by atoms with Crippen LogP contribution in [-0.4, -0.2) is 46.7 Å². The van der Waals surface area contributed by atoms with Crippen LogP contribution < -0.4 is 11.1 Å². The summed E-state index contributed by atoms with van der Waals surface area (Å²) in [7, 11) is 0. The number of nitrogens with one attached hydrogen (secondary N) is 1. The zero-order valence-electron chi connectivity index (χ0n) is 11.3. The summed E-state index contributed by atoms with van der Waals surface area (Å²) in [5.41, 5.74) is 5.71. The first-order chi connectivity index (χ1) is 9.61. The van der Waals surface area contributed by atoms with Gasteiger partial charge in [0.15, 0.2) is 0 Å². The van der Waals surface area contributed by atoms with E-state index < -0.39 is 0 Å². The van der Waals surface area contributed by atoms with Crippen molar-refractivity contribution in [1.82, 2.24) is 14.9 Å². The Morgan fingerprint density at radius 2 is 2.25 bits per heavy atom. The number of aromatic nitrogens is 2. The van der Waals surface area contributed by atoms with Gasteiger partial charge in [0, 0.05) is 19.1 Å². The van der Waals surface area contributed by atoms with E-state index in [1.165, 1.54) is 6.33 Å². The highest BCUT2D eigenvalue weighted by molar-refractivity contribution is 9.10. The zero-order chi connectivity index (χ0) is 14.5. The molecule has 0 unspecified atom stereocenters. The standard InChI is InChI=1S/C12H18BrN5O2/c1-2-20-12(19)18-5-3-8(4-6-18)17-11-9(13)10(14)15-7-16-11/h7-8H,2-6H2,1H3,(H3,14,15,16,17). The molecule has 3 N–H and O–H groups in total. The van der Waals surface area contributed by atoms with Gasteiger partial charge >= 0.3 is 6.09 Å². The molecule has 0 aromatic carbocycles. The van der Waals surface area contributed by atoms with E-state index in [2.05, 4.69) is 31.2 Å². The van der Waals surface area contributed by atoms with Gasteiger partial charge in [0.2, 0.25) is 0 Å². The molecule has 1 aromatic heterocycles. The maximum Gasteiger partial charge on any atom is 0.409 e. The van der Waals surface area contributed by atoms with Gasteiger partial charge < -0.3 is 20.7 Å². The van der Waals surface area contributed by atoms with Gasteiger partial charge in [0.1, 0.15) is 22.4 Å². The number of carbonyl (C=O) groups is 1. The number of piperidine rings is 1. The summed E-state index contributed by atoms with van der Waals surface area (Å²) in [6.45, 7) is 3.57. The van der Waals surface area contributed by atoms with Crippen molar-refractivity contribution < 1.29 is 9.53 Å². The molecule has 1 saturated heterocycles. The lowest BCUT2D eigenvalue weighted by Gasteiger charge is -2.32. The van der Waals surface area contributed by atoms with Crippen LogP contribution in [0.4, 0.5) is 16.4 Å². The maximum absolute atomic E-state index is 11.6. The first-order valence-corrected chi connectivity index (χ1v) is 7.35. The molecule has 110 valence electrons. The predicted molar refractivity (Wildman–Crippen MR) is 79.4 cm³/mol. The first kappa shape index (κ1) is 14.8. The highest BCUT2D eigenvalue weighted by Crippen LogP contribution is 2.26.